The molecule has 0 radical (unpaired) electrons. The van der Waals surface area contributed by atoms with Gasteiger partial charge in [0.1, 0.15) is 0 Å². The molecule has 6 heteroatoms. The largest absolute Gasteiger partial charge is 0.479 e. The predicted molar refractivity (Wildman–Crippen MR) is 69.6 cm³/mol. The van der Waals surface area contributed by atoms with Crippen molar-refractivity contribution >= 4 is 5.95 Å². The zero-order valence-corrected chi connectivity index (χ0v) is 11.0. The summed E-state index contributed by atoms with van der Waals surface area (Å²) < 4.78 is 18.0. The molecular formula is C13H15FN4O. The quantitative estimate of drug-likeness (QED) is 0.917. The van der Waals surface area contributed by atoms with E-state index in [1.165, 1.54) is 7.11 Å². The molecule has 100 valence electrons. The summed E-state index contributed by atoms with van der Waals surface area (Å²) in [6.45, 7) is 3.88. The minimum atomic E-state index is -0.585. The van der Waals surface area contributed by atoms with Crippen molar-refractivity contribution in [2.24, 2.45) is 0 Å². The lowest BCUT2D eigenvalue weighted by Gasteiger charge is -2.14. The van der Waals surface area contributed by atoms with E-state index in [2.05, 4.69) is 20.3 Å². The molecule has 0 saturated heterocycles. The number of nitrogens with one attached hydrogen (secondary N) is 1. The molecule has 2 heterocycles. The normalized spacial score (nSPS) is 12.0. The highest BCUT2D eigenvalue weighted by Gasteiger charge is 2.10. The van der Waals surface area contributed by atoms with Gasteiger partial charge >= 0.3 is 0 Å². The van der Waals surface area contributed by atoms with Gasteiger partial charge in [-0.2, -0.15) is 9.37 Å². The Labute approximate surface area is 110 Å². The van der Waals surface area contributed by atoms with Crippen molar-refractivity contribution in [3.8, 4) is 5.88 Å². The molecular weight excluding hydrogens is 247 g/mol. The van der Waals surface area contributed by atoms with E-state index in [0.29, 0.717) is 5.95 Å². The summed E-state index contributed by atoms with van der Waals surface area (Å²) in [7, 11) is 1.36. The fraction of sp³-hybridized carbons (Fsp3) is 0.308. The monoisotopic (exact) mass is 262 g/mol. The molecule has 1 N–H and O–H groups in total. The highest BCUT2D eigenvalue weighted by molar-refractivity contribution is 5.33. The summed E-state index contributed by atoms with van der Waals surface area (Å²) in [5.41, 5.74) is 1.95. The number of halogens is 1. The van der Waals surface area contributed by atoms with Crippen LogP contribution in [0.4, 0.5) is 10.3 Å². The minimum absolute atomic E-state index is 0.0386. The van der Waals surface area contributed by atoms with Crippen molar-refractivity contribution in [2.75, 3.05) is 12.4 Å². The second-order valence-corrected chi connectivity index (χ2v) is 4.15. The molecule has 2 aromatic rings. The number of hydrogen-bond donors (Lipinski definition) is 1. The topological polar surface area (TPSA) is 59.9 Å². The summed E-state index contributed by atoms with van der Waals surface area (Å²) in [6.07, 6.45) is 2.86. The van der Waals surface area contributed by atoms with Crippen LogP contribution in [0.5, 0.6) is 5.88 Å². The van der Waals surface area contributed by atoms with Crippen molar-refractivity contribution in [1.29, 1.82) is 0 Å². The maximum absolute atomic E-state index is 13.2. The average Bonchev–Trinajstić information content (AvgIpc) is 2.41. The second-order valence-electron chi connectivity index (χ2n) is 4.15. The summed E-state index contributed by atoms with van der Waals surface area (Å²) in [4.78, 5) is 12.0. The second kappa shape index (κ2) is 5.60. The Hall–Kier alpha value is -2.24. The van der Waals surface area contributed by atoms with Crippen LogP contribution in [0.25, 0.3) is 0 Å². The summed E-state index contributed by atoms with van der Waals surface area (Å²) in [5, 5.41) is 3.07. The highest BCUT2D eigenvalue weighted by atomic mass is 19.1. The first-order valence-corrected chi connectivity index (χ1v) is 5.85. The molecule has 0 fully saturated rings. The number of aromatic nitrogens is 3. The Balaban J connectivity index is 2.14. The first-order chi connectivity index (χ1) is 9.10. The van der Waals surface area contributed by atoms with Crippen LogP contribution in [0.3, 0.4) is 0 Å². The summed E-state index contributed by atoms with van der Waals surface area (Å²) in [5.74, 6) is -0.351. The van der Waals surface area contributed by atoms with Gasteiger partial charge in [0, 0.05) is 11.9 Å². The van der Waals surface area contributed by atoms with Gasteiger partial charge in [0.05, 0.1) is 19.3 Å². The maximum Gasteiger partial charge on any atom is 0.255 e. The lowest BCUT2D eigenvalue weighted by molar-refractivity contribution is 0.367. The van der Waals surface area contributed by atoms with Crippen molar-refractivity contribution in [1.82, 2.24) is 15.0 Å². The van der Waals surface area contributed by atoms with Gasteiger partial charge in [0.15, 0.2) is 0 Å². The van der Waals surface area contributed by atoms with Crippen LogP contribution in [0.2, 0.25) is 0 Å². The predicted octanol–water partition coefficient (Wildman–Crippen LogP) is 2.50. The molecule has 1 atom stereocenters. The molecule has 0 aromatic carbocycles. The van der Waals surface area contributed by atoms with Crippen molar-refractivity contribution in [3.63, 3.8) is 0 Å². The van der Waals surface area contributed by atoms with Crippen LogP contribution < -0.4 is 10.1 Å². The molecule has 0 amide bonds. The number of ether oxygens (including phenoxy) is 1. The number of aryl methyl sites for hydroxylation is 1. The van der Waals surface area contributed by atoms with Crippen LogP contribution in [-0.2, 0) is 0 Å². The molecule has 0 aliphatic heterocycles. The Morgan fingerprint density at radius 2 is 2.05 bits per heavy atom. The Bertz CT molecular complexity index is 559. The molecule has 0 aliphatic carbocycles. The average molecular weight is 262 g/mol. The SMILES string of the molecule is COc1nc(NC(C)c2ccc(C)nc2)ncc1F. The van der Waals surface area contributed by atoms with E-state index in [9.17, 15) is 4.39 Å². The summed E-state index contributed by atoms with van der Waals surface area (Å²) >= 11 is 0. The first kappa shape index (κ1) is 13.2. The number of anilines is 1. The van der Waals surface area contributed by atoms with Gasteiger partial charge in [0.2, 0.25) is 11.8 Å². The Morgan fingerprint density at radius 3 is 2.68 bits per heavy atom. The van der Waals surface area contributed by atoms with Crippen molar-refractivity contribution < 1.29 is 9.13 Å². The van der Waals surface area contributed by atoms with E-state index >= 15 is 0 Å². The number of hydrogen-bond acceptors (Lipinski definition) is 5. The molecule has 0 bridgehead atoms. The maximum atomic E-state index is 13.2. The van der Waals surface area contributed by atoms with Gasteiger partial charge in [0.25, 0.3) is 5.88 Å². The first-order valence-electron chi connectivity index (χ1n) is 5.85. The molecule has 19 heavy (non-hydrogen) atoms. The van der Waals surface area contributed by atoms with Gasteiger partial charge < -0.3 is 10.1 Å². The van der Waals surface area contributed by atoms with Gasteiger partial charge in [-0.3, -0.25) is 4.98 Å². The highest BCUT2D eigenvalue weighted by Crippen LogP contribution is 2.19. The number of nitrogens with zero attached hydrogens (tertiary/aromatic N) is 3. The minimum Gasteiger partial charge on any atom is -0.479 e. The van der Waals surface area contributed by atoms with Crippen LogP contribution in [0.15, 0.2) is 24.5 Å². The van der Waals surface area contributed by atoms with E-state index in [1.54, 1.807) is 6.20 Å². The van der Waals surface area contributed by atoms with Crippen molar-refractivity contribution in [2.45, 2.75) is 19.9 Å². The van der Waals surface area contributed by atoms with Gasteiger partial charge in [-0.15, -0.1) is 0 Å². The number of pyridine rings is 1. The smallest absolute Gasteiger partial charge is 0.255 e. The fourth-order valence-electron chi connectivity index (χ4n) is 1.58. The zero-order valence-electron chi connectivity index (χ0n) is 11.0. The number of rotatable bonds is 4. The standard InChI is InChI=1S/C13H15FN4O/c1-8-4-5-10(6-15-8)9(2)17-13-16-7-11(14)12(18-13)19-3/h4-7,9H,1-3H3,(H,16,17,18). The Kier molecular flexibility index (Phi) is 3.89. The third-order valence-electron chi connectivity index (χ3n) is 2.69. The van der Waals surface area contributed by atoms with E-state index in [4.69, 9.17) is 4.74 Å². The van der Waals surface area contributed by atoms with Crippen LogP contribution in [0.1, 0.15) is 24.2 Å². The molecule has 2 rings (SSSR count). The molecule has 2 aromatic heterocycles. The number of methoxy groups -OCH3 is 1. The summed E-state index contributed by atoms with van der Waals surface area (Å²) in [6, 6.07) is 3.86. The van der Waals surface area contributed by atoms with Crippen molar-refractivity contribution in [3.05, 3.63) is 41.6 Å². The van der Waals surface area contributed by atoms with Gasteiger partial charge in [-0.25, -0.2) is 4.98 Å². The van der Waals surface area contributed by atoms with E-state index in [1.807, 2.05) is 26.0 Å². The third-order valence-corrected chi connectivity index (χ3v) is 2.69. The van der Waals surface area contributed by atoms with Crippen LogP contribution >= 0.6 is 0 Å². The molecule has 0 saturated carbocycles. The lowest BCUT2D eigenvalue weighted by atomic mass is 10.1. The van der Waals surface area contributed by atoms with Crippen LogP contribution in [-0.4, -0.2) is 22.1 Å². The molecule has 0 aliphatic rings. The van der Waals surface area contributed by atoms with E-state index in [-0.39, 0.29) is 11.9 Å². The fourth-order valence-corrected chi connectivity index (χ4v) is 1.58. The third kappa shape index (κ3) is 3.15. The van der Waals surface area contributed by atoms with E-state index < -0.39 is 5.82 Å². The molecule has 5 nitrogen and oxygen atoms in total. The zero-order chi connectivity index (χ0) is 13.8. The van der Waals surface area contributed by atoms with Gasteiger partial charge in [-0.05, 0) is 25.5 Å². The van der Waals surface area contributed by atoms with E-state index in [0.717, 1.165) is 17.5 Å². The lowest BCUT2D eigenvalue weighted by Crippen LogP contribution is -2.10. The van der Waals surface area contributed by atoms with Crippen LogP contribution in [0, 0.1) is 12.7 Å². The Morgan fingerprint density at radius 1 is 1.26 bits per heavy atom. The molecule has 1 unspecified atom stereocenters. The molecule has 0 spiro atoms. The van der Waals surface area contributed by atoms with Gasteiger partial charge in [-0.1, -0.05) is 6.07 Å².